The minimum absolute atomic E-state index is 0.000278. The molecule has 0 radical (unpaired) electrons. The predicted octanol–water partition coefficient (Wildman–Crippen LogP) is 3.27. The largest absolute Gasteiger partial charge is 0.507 e. The fourth-order valence-electron chi connectivity index (χ4n) is 1.16. The van der Waals surface area contributed by atoms with E-state index in [-0.39, 0.29) is 17.5 Å². The summed E-state index contributed by atoms with van der Waals surface area (Å²) in [5.74, 6) is -0.147. The molecule has 0 heterocycles. The van der Waals surface area contributed by atoms with Crippen molar-refractivity contribution in [3.05, 3.63) is 28.8 Å². The van der Waals surface area contributed by atoms with Crippen LogP contribution in [0.25, 0.3) is 0 Å². The van der Waals surface area contributed by atoms with Crippen LogP contribution in [0.2, 0.25) is 5.02 Å². The molecule has 0 saturated heterocycles. The van der Waals surface area contributed by atoms with E-state index in [1.165, 1.54) is 12.1 Å². The zero-order valence-electron chi connectivity index (χ0n) is 8.25. The summed E-state index contributed by atoms with van der Waals surface area (Å²) in [6.07, 6.45) is 0.755. The molecule has 0 aromatic heterocycles. The predicted molar refractivity (Wildman–Crippen MR) is 56.9 cm³/mol. The molecule has 0 aliphatic rings. The Morgan fingerprint density at radius 1 is 1.57 bits per heavy atom. The van der Waals surface area contributed by atoms with Crippen LogP contribution < -0.4 is 0 Å². The number of carbonyl (C=O) groups is 1. The zero-order valence-corrected chi connectivity index (χ0v) is 9.01. The standard InChI is InChI=1S/C11H13ClO2/c1-3-7(2)11(14)9-6-8(12)4-5-10(9)13/h4-7,13H,3H2,1-2H3. The number of benzene rings is 1. The van der Waals surface area contributed by atoms with E-state index in [4.69, 9.17) is 11.6 Å². The Hall–Kier alpha value is -1.02. The monoisotopic (exact) mass is 212 g/mol. The fourth-order valence-corrected chi connectivity index (χ4v) is 1.33. The molecule has 3 heteroatoms. The lowest BCUT2D eigenvalue weighted by molar-refractivity contribution is 0.0924. The average Bonchev–Trinajstić information content (AvgIpc) is 2.19. The average molecular weight is 213 g/mol. The van der Waals surface area contributed by atoms with Crippen molar-refractivity contribution in [3.63, 3.8) is 0 Å². The summed E-state index contributed by atoms with van der Waals surface area (Å²) in [6.45, 7) is 3.77. The Morgan fingerprint density at radius 2 is 2.21 bits per heavy atom. The number of halogens is 1. The van der Waals surface area contributed by atoms with Crippen molar-refractivity contribution in [2.24, 2.45) is 5.92 Å². The Bertz CT molecular complexity index is 347. The van der Waals surface area contributed by atoms with Gasteiger partial charge in [-0.3, -0.25) is 4.79 Å². The van der Waals surface area contributed by atoms with Crippen molar-refractivity contribution in [2.75, 3.05) is 0 Å². The highest BCUT2D eigenvalue weighted by Crippen LogP contribution is 2.24. The Labute approximate surface area is 88.5 Å². The SMILES string of the molecule is CCC(C)C(=O)c1cc(Cl)ccc1O. The van der Waals surface area contributed by atoms with E-state index in [1.807, 2.05) is 13.8 Å². The topological polar surface area (TPSA) is 37.3 Å². The van der Waals surface area contributed by atoms with Crippen LogP contribution in [0.1, 0.15) is 30.6 Å². The van der Waals surface area contributed by atoms with Crippen LogP contribution in [0.5, 0.6) is 5.75 Å². The Morgan fingerprint density at radius 3 is 2.79 bits per heavy atom. The van der Waals surface area contributed by atoms with Gasteiger partial charge in [0.1, 0.15) is 5.75 Å². The highest BCUT2D eigenvalue weighted by atomic mass is 35.5. The third-order valence-corrected chi connectivity index (χ3v) is 2.52. The molecular weight excluding hydrogens is 200 g/mol. The minimum Gasteiger partial charge on any atom is -0.507 e. The second-order valence-electron chi connectivity index (χ2n) is 3.34. The minimum atomic E-state index is -0.0839. The summed E-state index contributed by atoms with van der Waals surface area (Å²) < 4.78 is 0. The molecule has 1 N–H and O–H groups in total. The first-order chi connectivity index (χ1) is 6.56. The molecule has 0 spiro atoms. The molecule has 14 heavy (non-hydrogen) atoms. The number of phenols is 1. The molecule has 2 nitrogen and oxygen atoms in total. The summed E-state index contributed by atoms with van der Waals surface area (Å²) in [5.41, 5.74) is 0.312. The number of carbonyl (C=O) groups excluding carboxylic acids is 1. The van der Waals surface area contributed by atoms with Crippen LogP contribution in [-0.4, -0.2) is 10.9 Å². The van der Waals surface area contributed by atoms with E-state index >= 15 is 0 Å². The molecule has 1 atom stereocenters. The van der Waals surface area contributed by atoms with Crippen molar-refractivity contribution in [2.45, 2.75) is 20.3 Å². The number of hydrogen-bond acceptors (Lipinski definition) is 2. The molecule has 76 valence electrons. The molecule has 0 amide bonds. The van der Waals surface area contributed by atoms with Gasteiger partial charge in [-0.2, -0.15) is 0 Å². The third kappa shape index (κ3) is 2.26. The van der Waals surface area contributed by atoms with E-state index in [0.717, 1.165) is 6.42 Å². The lowest BCUT2D eigenvalue weighted by atomic mass is 9.96. The van der Waals surface area contributed by atoms with Gasteiger partial charge in [-0.25, -0.2) is 0 Å². The van der Waals surface area contributed by atoms with Gasteiger partial charge in [0.2, 0.25) is 0 Å². The molecule has 0 bridgehead atoms. The summed E-state index contributed by atoms with van der Waals surface area (Å²) in [7, 11) is 0. The molecule has 0 aliphatic heterocycles. The van der Waals surface area contributed by atoms with Gasteiger partial charge in [0, 0.05) is 10.9 Å². The molecule has 0 aliphatic carbocycles. The lowest BCUT2D eigenvalue weighted by Crippen LogP contribution is -2.10. The van der Waals surface area contributed by atoms with E-state index < -0.39 is 0 Å². The molecule has 1 unspecified atom stereocenters. The van der Waals surface area contributed by atoms with E-state index in [1.54, 1.807) is 6.07 Å². The van der Waals surface area contributed by atoms with Crippen LogP contribution >= 0.6 is 11.6 Å². The second kappa shape index (κ2) is 4.47. The maximum absolute atomic E-state index is 11.7. The summed E-state index contributed by atoms with van der Waals surface area (Å²) in [5, 5.41) is 9.94. The molecular formula is C11H13ClO2. The van der Waals surface area contributed by atoms with Gasteiger partial charge in [0.25, 0.3) is 0 Å². The second-order valence-corrected chi connectivity index (χ2v) is 3.77. The number of ketones is 1. The maximum Gasteiger partial charge on any atom is 0.169 e. The van der Waals surface area contributed by atoms with Crippen molar-refractivity contribution in [1.29, 1.82) is 0 Å². The number of aromatic hydroxyl groups is 1. The molecule has 1 aromatic carbocycles. The van der Waals surface area contributed by atoms with Gasteiger partial charge in [-0.15, -0.1) is 0 Å². The van der Waals surface area contributed by atoms with Crippen molar-refractivity contribution in [1.82, 2.24) is 0 Å². The van der Waals surface area contributed by atoms with Crippen LogP contribution in [0.15, 0.2) is 18.2 Å². The van der Waals surface area contributed by atoms with E-state index in [0.29, 0.717) is 10.6 Å². The molecule has 1 aromatic rings. The van der Waals surface area contributed by atoms with Gasteiger partial charge in [-0.05, 0) is 24.6 Å². The van der Waals surface area contributed by atoms with E-state index in [9.17, 15) is 9.90 Å². The number of Topliss-reactive ketones (excluding diaryl/α,β-unsaturated/α-hetero) is 1. The first-order valence-corrected chi connectivity index (χ1v) is 4.96. The highest BCUT2D eigenvalue weighted by molar-refractivity contribution is 6.31. The van der Waals surface area contributed by atoms with Crippen molar-refractivity contribution >= 4 is 17.4 Å². The highest BCUT2D eigenvalue weighted by Gasteiger charge is 2.16. The van der Waals surface area contributed by atoms with Crippen LogP contribution in [0.4, 0.5) is 0 Å². The Kier molecular flexibility index (Phi) is 3.53. The van der Waals surface area contributed by atoms with Crippen molar-refractivity contribution < 1.29 is 9.90 Å². The van der Waals surface area contributed by atoms with Gasteiger partial charge < -0.3 is 5.11 Å². The summed E-state index contributed by atoms with van der Waals surface area (Å²) in [4.78, 5) is 11.7. The lowest BCUT2D eigenvalue weighted by Gasteiger charge is -2.09. The first kappa shape index (κ1) is 11.1. The quantitative estimate of drug-likeness (QED) is 0.781. The maximum atomic E-state index is 11.7. The number of phenolic OH excluding ortho intramolecular Hbond substituents is 1. The molecule has 0 fully saturated rings. The first-order valence-electron chi connectivity index (χ1n) is 4.59. The smallest absolute Gasteiger partial charge is 0.169 e. The van der Waals surface area contributed by atoms with Gasteiger partial charge >= 0.3 is 0 Å². The molecule has 0 saturated carbocycles. The van der Waals surface area contributed by atoms with Gasteiger partial charge in [-0.1, -0.05) is 25.4 Å². The number of rotatable bonds is 3. The van der Waals surface area contributed by atoms with Gasteiger partial charge in [0.05, 0.1) is 5.56 Å². The summed E-state index contributed by atoms with van der Waals surface area (Å²) in [6, 6.07) is 4.51. The number of hydrogen-bond donors (Lipinski definition) is 1. The van der Waals surface area contributed by atoms with Crippen LogP contribution in [0.3, 0.4) is 0 Å². The normalized spacial score (nSPS) is 12.5. The fraction of sp³-hybridized carbons (Fsp3) is 0.364. The van der Waals surface area contributed by atoms with Crippen LogP contribution in [-0.2, 0) is 0 Å². The Balaban J connectivity index is 3.06. The summed E-state index contributed by atoms with van der Waals surface area (Å²) >= 11 is 5.75. The van der Waals surface area contributed by atoms with Crippen LogP contribution in [0, 0.1) is 5.92 Å². The van der Waals surface area contributed by atoms with E-state index in [2.05, 4.69) is 0 Å². The third-order valence-electron chi connectivity index (χ3n) is 2.28. The zero-order chi connectivity index (χ0) is 10.7. The molecule has 1 rings (SSSR count). The van der Waals surface area contributed by atoms with Gasteiger partial charge in [0.15, 0.2) is 5.78 Å². The van der Waals surface area contributed by atoms with Crippen molar-refractivity contribution in [3.8, 4) is 5.75 Å².